The second-order valence-electron chi connectivity index (χ2n) is 7.80. The number of benzene rings is 2. The van der Waals surface area contributed by atoms with Gasteiger partial charge in [-0.25, -0.2) is 0 Å². The number of ether oxygens (including phenoxy) is 1. The van der Waals surface area contributed by atoms with Crippen LogP contribution in [-0.2, 0) is 4.79 Å². The molecule has 2 aromatic carbocycles. The molecule has 2 aromatic rings. The number of halogens is 1. The van der Waals surface area contributed by atoms with E-state index >= 15 is 0 Å². The number of carbonyl (C=O) groups is 1. The average molecular weight is 432 g/mol. The van der Waals surface area contributed by atoms with Crippen LogP contribution in [0.2, 0.25) is 0 Å². The summed E-state index contributed by atoms with van der Waals surface area (Å²) in [4.78, 5) is 12.6. The van der Waals surface area contributed by atoms with E-state index in [1.54, 1.807) is 0 Å². The first-order valence-corrected chi connectivity index (χ1v) is 10.3. The number of hydrogen-bond donors (Lipinski definition) is 1. The molecule has 146 valence electrons. The van der Waals surface area contributed by atoms with Gasteiger partial charge in [-0.15, -0.1) is 0 Å². The van der Waals surface area contributed by atoms with Crippen LogP contribution >= 0.6 is 15.9 Å². The van der Waals surface area contributed by atoms with Gasteiger partial charge in [0.1, 0.15) is 5.75 Å². The van der Waals surface area contributed by atoms with Crippen molar-refractivity contribution in [2.24, 2.45) is 0 Å². The summed E-state index contributed by atoms with van der Waals surface area (Å²) in [5.74, 6) is 1.64. The minimum absolute atomic E-state index is 0.0242. The smallest absolute Gasteiger partial charge is 0.262 e. The van der Waals surface area contributed by atoms with Gasteiger partial charge in [0.15, 0.2) is 6.61 Å². The van der Waals surface area contributed by atoms with Crippen LogP contribution in [0.1, 0.15) is 76.0 Å². The highest BCUT2D eigenvalue weighted by Gasteiger charge is 2.16. The Morgan fingerprint density at radius 1 is 0.963 bits per heavy atom. The van der Waals surface area contributed by atoms with E-state index in [-0.39, 0.29) is 12.5 Å². The highest BCUT2D eigenvalue weighted by Crippen LogP contribution is 2.33. The zero-order valence-corrected chi connectivity index (χ0v) is 18.7. The van der Waals surface area contributed by atoms with Crippen LogP contribution in [0.4, 0.5) is 5.69 Å². The van der Waals surface area contributed by atoms with Crippen LogP contribution in [-0.4, -0.2) is 12.5 Å². The first kappa shape index (κ1) is 21.5. The quantitative estimate of drug-likeness (QED) is 0.520. The number of para-hydroxylation sites is 1. The third-order valence-electron chi connectivity index (χ3n) is 4.62. The molecule has 1 amide bonds. The van der Waals surface area contributed by atoms with Gasteiger partial charge in [-0.2, -0.15) is 0 Å². The molecular formula is C23H30BrNO2. The summed E-state index contributed by atoms with van der Waals surface area (Å²) in [6, 6.07) is 12.2. The lowest BCUT2D eigenvalue weighted by atomic mass is 9.92. The minimum Gasteiger partial charge on any atom is -0.483 e. The van der Waals surface area contributed by atoms with Crippen molar-refractivity contribution in [2.45, 2.75) is 59.3 Å². The first-order chi connectivity index (χ1) is 12.7. The van der Waals surface area contributed by atoms with E-state index < -0.39 is 0 Å². The SMILES string of the molecule is CC(C)c1ccc(OCC(=O)Nc2c(C(C)C)cccc2C(C)C)c(Br)c1. The fourth-order valence-electron chi connectivity index (χ4n) is 3.01. The molecule has 0 bridgehead atoms. The molecule has 2 rings (SSSR count). The molecule has 27 heavy (non-hydrogen) atoms. The molecule has 0 fully saturated rings. The van der Waals surface area contributed by atoms with Crippen molar-refractivity contribution in [3.8, 4) is 5.75 Å². The predicted octanol–water partition coefficient (Wildman–Crippen LogP) is 6.84. The standard InChI is InChI=1S/C23H30BrNO2/c1-14(2)17-10-11-21(20(24)12-17)27-13-22(26)25-23-18(15(3)4)8-7-9-19(23)16(5)6/h7-12,14-16H,13H2,1-6H3,(H,25,26). The summed E-state index contributed by atoms with van der Waals surface area (Å²) in [6.07, 6.45) is 0. The van der Waals surface area contributed by atoms with E-state index in [1.165, 1.54) is 5.56 Å². The van der Waals surface area contributed by atoms with Gasteiger partial charge >= 0.3 is 0 Å². The Morgan fingerprint density at radius 3 is 2.04 bits per heavy atom. The molecule has 0 spiro atoms. The van der Waals surface area contributed by atoms with Crippen LogP contribution in [0.3, 0.4) is 0 Å². The van der Waals surface area contributed by atoms with E-state index in [4.69, 9.17) is 4.74 Å². The van der Waals surface area contributed by atoms with Gasteiger partial charge in [0.25, 0.3) is 5.91 Å². The van der Waals surface area contributed by atoms with Crippen LogP contribution in [0.25, 0.3) is 0 Å². The molecule has 0 saturated carbocycles. The molecule has 0 aliphatic rings. The molecule has 3 nitrogen and oxygen atoms in total. The molecule has 0 aliphatic carbocycles. The normalized spacial score (nSPS) is 11.3. The summed E-state index contributed by atoms with van der Waals surface area (Å²) < 4.78 is 6.61. The maximum absolute atomic E-state index is 12.6. The molecule has 0 aliphatic heterocycles. The van der Waals surface area contributed by atoms with Gasteiger partial charge in [0.05, 0.1) is 4.47 Å². The van der Waals surface area contributed by atoms with Gasteiger partial charge in [0.2, 0.25) is 0 Å². The summed E-state index contributed by atoms with van der Waals surface area (Å²) in [6.45, 7) is 12.8. The minimum atomic E-state index is -0.148. The van der Waals surface area contributed by atoms with Crippen molar-refractivity contribution in [3.05, 3.63) is 57.6 Å². The Hall–Kier alpha value is -1.81. The van der Waals surface area contributed by atoms with Crippen LogP contribution in [0.5, 0.6) is 5.75 Å². The number of amides is 1. The number of nitrogens with one attached hydrogen (secondary N) is 1. The molecule has 0 aromatic heterocycles. The largest absolute Gasteiger partial charge is 0.483 e. The van der Waals surface area contributed by atoms with Gasteiger partial charge in [-0.05, 0) is 62.5 Å². The van der Waals surface area contributed by atoms with E-state index in [0.29, 0.717) is 23.5 Å². The molecule has 1 N–H and O–H groups in total. The van der Waals surface area contributed by atoms with E-state index in [2.05, 4.69) is 81.0 Å². The van der Waals surface area contributed by atoms with E-state index in [1.807, 2.05) is 18.2 Å². The second-order valence-corrected chi connectivity index (χ2v) is 8.66. The fraction of sp³-hybridized carbons (Fsp3) is 0.435. The molecule has 0 radical (unpaired) electrons. The number of hydrogen-bond acceptors (Lipinski definition) is 2. The Balaban J connectivity index is 2.13. The molecule has 0 heterocycles. The van der Waals surface area contributed by atoms with Crippen LogP contribution in [0.15, 0.2) is 40.9 Å². The lowest BCUT2D eigenvalue weighted by Crippen LogP contribution is -2.22. The average Bonchev–Trinajstić information content (AvgIpc) is 2.60. The maximum atomic E-state index is 12.6. The zero-order valence-electron chi connectivity index (χ0n) is 17.1. The summed E-state index contributed by atoms with van der Waals surface area (Å²) in [5.41, 5.74) is 4.45. The maximum Gasteiger partial charge on any atom is 0.262 e. The zero-order chi connectivity index (χ0) is 20.1. The van der Waals surface area contributed by atoms with Crippen molar-refractivity contribution < 1.29 is 9.53 Å². The summed E-state index contributed by atoms with van der Waals surface area (Å²) in [7, 11) is 0. The lowest BCUT2D eigenvalue weighted by Gasteiger charge is -2.20. The van der Waals surface area contributed by atoms with Gasteiger partial charge in [-0.3, -0.25) is 4.79 Å². The Labute approximate surface area is 171 Å². The predicted molar refractivity (Wildman–Crippen MR) is 117 cm³/mol. The van der Waals surface area contributed by atoms with Gasteiger partial charge in [-0.1, -0.05) is 65.8 Å². The van der Waals surface area contributed by atoms with Crippen molar-refractivity contribution in [3.63, 3.8) is 0 Å². The summed E-state index contributed by atoms with van der Waals surface area (Å²) >= 11 is 3.54. The van der Waals surface area contributed by atoms with Crippen molar-refractivity contribution >= 4 is 27.5 Å². The number of anilines is 1. The number of carbonyl (C=O) groups excluding carboxylic acids is 1. The van der Waals surface area contributed by atoms with Crippen LogP contribution < -0.4 is 10.1 Å². The molecule has 4 heteroatoms. The number of rotatable bonds is 7. The molecule has 0 unspecified atom stereocenters. The Kier molecular flexibility index (Phi) is 7.49. The van der Waals surface area contributed by atoms with Crippen LogP contribution in [0, 0.1) is 0 Å². The molecule has 0 atom stereocenters. The topological polar surface area (TPSA) is 38.3 Å². The van der Waals surface area contributed by atoms with E-state index in [9.17, 15) is 4.79 Å². The summed E-state index contributed by atoms with van der Waals surface area (Å²) in [5, 5.41) is 3.08. The third-order valence-corrected chi connectivity index (χ3v) is 5.24. The van der Waals surface area contributed by atoms with Crippen molar-refractivity contribution in [1.29, 1.82) is 0 Å². The second kappa shape index (κ2) is 9.41. The monoisotopic (exact) mass is 431 g/mol. The highest BCUT2D eigenvalue weighted by atomic mass is 79.9. The van der Waals surface area contributed by atoms with E-state index in [0.717, 1.165) is 21.3 Å². The van der Waals surface area contributed by atoms with Gasteiger partial charge in [0, 0.05) is 5.69 Å². The third kappa shape index (κ3) is 5.58. The molecular weight excluding hydrogens is 402 g/mol. The molecule has 0 saturated heterocycles. The fourth-order valence-corrected chi connectivity index (χ4v) is 3.52. The van der Waals surface area contributed by atoms with Gasteiger partial charge < -0.3 is 10.1 Å². The highest BCUT2D eigenvalue weighted by molar-refractivity contribution is 9.10. The van der Waals surface area contributed by atoms with Crippen molar-refractivity contribution in [2.75, 3.05) is 11.9 Å². The first-order valence-electron chi connectivity index (χ1n) is 9.55. The lowest BCUT2D eigenvalue weighted by molar-refractivity contribution is -0.118. The Bertz CT molecular complexity index is 771. The Morgan fingerprint density at radius 2 is 1.56 bits per heavy atom. The van der Waals surface area contributed by atoms with Crippen molar-refractivity contribution in [1.82, 2.24) is 0 Å².